The maximum atomic E-state index is 12.7. The van der Waals surface area contributed by atoms with Crippen LogP contribution < -0.4 is 4.90 Å². The van der Waals surface area contributed by atoms with Crippen LogP contribution in [0.15, 0.2) is 30.6 Å². The van der Waals surface area contributed by atoms with E-state index in [0.29, 0.717) is 13.0 Å². The Morgan fingerprint density at radius 2 is 1.86 bits per heavy atom. The van der Waals surface area contributed by atoms with E-state index in [1.54, 1.807) is 24.3 Å². The van der Waals surface area contributed by atoms with Crippen LogP contribution in [0.2, 0.25) is 5.28 Å². The number of hydrogen-bond donors (Lipinski definition) is 0. The molecule has 2 aromatic rings. The molecule has 0 aromatic carbocycles. The monoisotopic (exact) mass is 316 g/mol. The average Bonchev–Trinajstić information content (AvgIpc) is 2.44. The van der Waals surface area contributed by atoms with Crippen LogP contribution in [-0.4, -0.2) is 28.5 Å². The molecule has 0 N–H and O–H groups in total. The molecule has 21 heavy (non-hydrogen) atoms. The summed E-state index contributed by atoms with van der Waals surface area (Å²) >= 11 is 5.56. The van der Waals surface area contributed by atoms with Gasteiger partial charge in [0.2, 0.25) is 5.28 Å². The highest BCUT2D eigenvalue weighted by Gasteiger charge is 2.33. The molecule has 0 bridgehead atoms. The van der Waals surface area contributed by atoms with Gasteiger partial charge in [-0.3, -0.25) is 4.98 Å². The third-order valence-corrected chi connectivity index (χ3v) is 3.02. The van der Waals surface area contributed by atoms with Gasteiger partial charge in [-0.1, -0.05) is 0 Å². The molecule has 8 heteroatoms. The second kappa shape index (κ2) is 6.26. The van der Waals surface area contributed by atoms with Crippen LogP contribution in [0.4, 0.5) is 19.0 Å². The average molecular weight is 317 g/mol. The topological polar surface area (TPSA) is 41.9 Å². The highest BCUT2D eigenvalue weighted by Crippen LogP contribution is 2.30. The largest absolute Gasteiger partial charge is 0.433 e. The zero-order valence-corrected chi connectivity index (χ0v) is 11.9. The number of hydrogen-bond acceptors (Lipinski definition) is 4. The molecule has 4 nitrogen and oxygen atoms in total. The van der Waals surface area contributed by atoms with Crippen molar-refractivity contribution >= 4 is 17.4 Å². The lowest BCUT2D eigenvalue weighted by molar-refractivity contribution is -0.141. The summed E-state index contributed by atoms with van der Waals surface area (Å²) in [5, 5.41) is -0.421. The first-order valence-corrected chi connectivity index (χ1v) is 6.46. The Balaban J connectivity index is 2.12. The first-order chi connectivity index (χ1) is 9.86. The van der Waals surface area contributed by atoms with Gasteiger partial charge in [-0.05, 0) is 35.7 Å². The summed E-state index contributed by atoms with van der Waals surface area (Å²) in [5.41, 5.74) is -0.0127. The van der Waals surface area contributed by atoms with E-state index in [9.17, 15) is 13.2 Å². The first-order valence-electron chi connectivity index (χ1n) is 6.08. The van der Waals surface area contributed by atoms with Crippen molar-refractivity contribution in [3.05, 3.63) is 47.1 Å². The van der Waals surface area contributed by atoms with Crippen LogP contribution in [0.3, 0.4) is 0 Å². The summed E-state index contributed by atoms with van der Waals surface area (Å²) in [6, 6.07) is 4.59. The van der Waals surface area contributed by atoms with Crippen molar-refractivity contribution in [2.75, 3.05) is 18.5 Å². The Labute approximate surface area is 124 Å². The second-order valence-corrected chi connectivity index (χ2v) is 4.74. The van der Waals surface area contributed by atoms with Gasteiger partial charge in [-0.15, -0.1) is 0 Å². The number of halogens is 4. The molecule has 0 radical (unpaired) electrons. The standard InChI is InChI=1S/C13H12ClF3N4/c1-21(7-4-9-2-5-18-6-3-9)11-8-10(13(15,16)17)19-12(14)20-11/h2-3,5-6,8H,4,7H2,1H3. The lowest BCUT2D eigenvalue weighted by atomic mass is 10.2. The van der Waals surface area contributed by atoms with Crippen LogP contribution in [0, 0.1) is 0 Å². The highest BCUT2D eigenvalue weighted by atomic mass is 35.5. The van der Waals surface area contributed by atoms with Gasteiger partial charge in [-0.25, -0.2) is 9.97 Å². The molecule has 0 aliphatic heterocycles. The SMILES string of the molecule is CN(CCc1ccncc1)c1cc(C(F)(F)F)nc(Cl)n1. The van der Waals surface area contributed by atoms with Gasteiger partial charge in [0.25, 0.3) is 0 Å². The van der Waals surface area contributed by atoms with Gasteiger partial charge < -0.3 is 4.90 Å². The van der Waals surface area contributed by atoms with Crippen LogP contribution in [0.5, 0.6) is 0 Å². The van der Waals surface area contributed by atoms with Crippen molar-refractivity contribution in [1.29, 1.82) is 0 Å². The van der Waals surface area contributed by atoms with E-state index >= 15 is 0 Å². The Morgan fingerprint density at radius 1 is 1.19 bits per heavy atom. The van der Waals surface area contributed by atoms with Gasteiger partial charge in [0.1, 0.15) is 5.82 Å². The molecular weight excluding hydrogens is 305 g/mol. The van der Waals surface area contributed by atoms with E-state index in [2.05, 4.69) is 15.0 Å². The molecule has 0 unspecified atom stereocenters. The first kappa shape index (κ1) is 15.5. The number of alkyl halides is 3. The van der Waals surface area contributed by atoms with Crippen molar-refractivity contribution in [3.8, 4) is 0 Å². The van der Waals surface area contributed by atoms with Gasteiger partial charge in [0, 0.05) is 32.1 Å². The Hall–Kier alpha value is -1.89. The van der Waals surface area contributed by atoms with Crippen molar-refractivity contribution in [2.24, 2.45) is 0 Å². The van der Waals surface area contributed by atoms with Crippen LogP contribution in [0.25, 0.3) is 0 Å². The van der Waals surface area contributed by atoms with E-state index in [1.807, 2.05) is 12.1 Å². The fourth-order valence-corrected chi connectivity index (χ4v) is 1.88. The molecule has 112 valence electrons. The predicted octanol–water partition coefficient (Wildman–Crippen LogP) is 3.22. The Morgan fingerprint density at radius 3 is 2.48 bits per heavy atom. The quantitative estimate of drug-likeness (QED) is 0.812. The number of rotatable bonds is 4. The van der Waals surface area contributed by atoms with Crippen molar-refractivity contribution in [2.45, 2.75) is 12.6 Å². The van der Waals surface area contributed by atoms with Crippen LogP contribution in [-0.2, 0) is 12.6 Å². The molecule has 0 spiro atoms. The molecule has 2 rings (SSSR count). The third kappa shape index (κ3) is 4.29. The van der Waals surface area contributed by atoms with Crippen LogP contribution >= 0.6 is 11.6 Å². The van der Waals surface area contributed by atoms with Crippen LogP contribution in [0.1, 0.15) is 11.3 Å². The lowest BCUT2D eigenvalue weighted by Gasteiger charge is -2.19. The van der Waals surface area contributed by atoms with E-state index in [0.717, 1.165) is 11.6 Å². The summed E-state index contributed by atoms with van der Waals surface area (Å²) in [7, 11) is 1.65. The molecule has 2 heterocycles. The minimum Gasteiger partial charge on any atom is -0.359 e. The Bertz CT molecular complexity index is 604. The molecular formula is C13H12ClF3N4. The van der Waals surface area contributed by atoms with E-state index in [4.69, 9.17) is 11.6 Å². The molecule has 0 amide bonds. The zero-order chi connectivity index (χ0) is 15.5. The van der Waals surface area contributed by atoms with Gasteiger partial charge in [0.05, 0.1) is 0 Å². The lowest BCUT2D eigenvalue weighted by Crippen LogP contribution is -2.22. The highest BCUT2D eigenvalue weighted by molar-refractivity contribution is 6.28. The predicted molar refractivity (Wildman–Crippen MR) is 73.3 cm³/mol. The molecule has 0 aliphatic carbocycles. The number of nitrogens with zero attached hydrogens (tertiary/aromatic N) is 4. The molecule has 0 aliphatic rings. The maximum absolute atomic E-state index is 12.7. The van der Waals surface area contributed by atoms with Crippen molar-refractivity contribution < 1.29 is 13.2 Å². The van der Waals surface area contributed by atoms with E-state index in [-0.39, 0.29) is 5.82 Å². The zero-order valence-electron chi connectivity index (χ0n) is 11.1. The number of aromatic nitrogens is 3. The fraction of sp³-hybridized carbons (Fsp3) is 0.308. The molecule has 0 saturated carbocycles. The summed E-state index contributed by atoms with van der Waals surface area (Å²) < 4.78 is 38.1. The van der Waals surface area contributed by atoms with Gasteiger partial charge in [-0.2, -0.15) is 13.2 Å². The summed E-state index contributed by atoms with van der Waals surface area (Å²) in [4.78, 5) is 12.5. The smallest absolute Gasteiger partial charge is 0.359 e. The molecule has 0 fully saturated rings. The minimum atomic E-state index is -4.55. The number of likely N-dealkylation sites (N-methyl/N-ethyl adjacent to an activating group) is 1. The summed E-state index contributed by atoms with van der Waals surface area (Å²) in [5.74, 6) is 0.136. The molecule has 2 aromatic heterocycles. The molecule has 0 saturated heterocycles. The van der Waals surface area contributed by atoms with Crippen molar-refractivity contribution in [3.63, 3.8) is 0 Å². The van der Waals surface area contributed by atoms with Gasteiger partial charge in [0.15, 0.2) is 5.69 Å². The number of pyridine rings is 1. The second-order valence-electron chi connectivity index (χ2n) is 4.41. The maximum Gasteiger partial charge on any atom is 0.433 e. The Kier molecular flexibility index (Phi) is 4.62. The molecule has 0 atom stereocenters. The van der Waals surface area contributed by atoms with Gasteiger partial charge >= 0.3 is 6.18 Å². The minimum absolute atomic E-state index is 0.136. The third-order valence-electron chi connectivity index (χ3n) is 2.85. The fourth-order valence-electron chi connectivity index (χ4n) is 1.71. The van der Waals surface area contributed by atoms with Crippen molar-refractivity contribution in [1.82, 2.24) is 15.0 Å². The van der Waals surface area contributed by atoms with E-state index in [1.165, 1.54) is 0 Å². The number of anilines is 1. The summed E-state index contributed by atoms with van der Waals surface area (Å²) in [6.07, 6.45) is -0.563. The van der Waals surface area contributed by atoms with E-state index < -0.39 is 17.2 Å². The summed E-state index contributed by atoms with van der Waals surface area (Å²) in [6.45, 7) is 0.495. The normalized spacial score (nSPS) is 11.5.